The topological polar surface area (TPSA) is 300 Å². The minimum Gasteiger partial charge on any atom is -0.490 e. The number of pyridine rings is 8. The Kier molecular flexibility index (Phi) is 24.9. The van der Waals surface area contributed by atoms with Crippen LogP contribution in [0.25, 0.3) is 105 Å². The van der Waals surface area contributed by atoms with E-state index < -0.39 is 5.91 Å². The van der Waals surface area contributed by atoms with Crippen LogP contribution < -0.4 is 45.8 Å². The molecular weight excluding hydrogens is 1510 g/mol. The first-order valence-electron chi connectivity index (χ1n) is 39.7. The van der Waals surface area contributed by atoms with E-state index >= 15 is 0 Å². The molecule has 23 heteroatoms. The number of carbonyl (C=O) groups excluding carboxylic acids is 4. The number of ether oxygens (including phenoxy) is 5. The van der Waals surface area contributed by atoms with Gasteiger partial charge in [0.2, 0.25) is 17.7 Å². The third-order valence-electron chi connectivity index (χ3n) is 21.6. The van der Waals surface area contributed by atoms with Gasteiger partial charge in [-0.25, -0.2) is 4.98 Å². The van der Waals surface area contributed by atoms with Crippen LogP contribution in [-0.2, 0) is 22.8 Å². The molecular formula is C97H90N14O9. The Hall–Kier alpha value is -14.6. The molecule has 602 valence electrons. The Morgan fingerprint density at radius 3 is 1.40 bits per heavy atom. The molecule has 23 nitrogen and oxygen atoms in total. The van der Waals surface area contributed by atoms with Crippen molar-refractivity contribution in [3.05, 3.63) is 302 Å². The molecule has 0 saturated carbocycles. The number of primary amides is 1. The van der Waals surface area contributed by atoms with Gasteiger partial charge in [0.25, 0.3) is 11.8 Å². The van der Waals surface area contributed by atoms with E-state index in [1.165, 1.54) is 0 Å². The Labute approximate surface area is 694 Å². The Balaban J connectivity index is 0.000000125. The van der Waals surface area contributed by atoms with Crippen molar-refractivity contribution >= 4 is 83.8 Å². The van der Waals surface area contributed by atoms with Crippen LogP contribution in [0, 0.1) is 18.8 Å². The summed E-state index contributed by atoms with van der Waals surface area (Å²) >= 11 is 0. The molecule has 18 rings (SSSR count). The molecule has 0 spiro atoms. The molecule has 4 amide bonds. The zero-order valence-electron chi connectivity index (χ0n) is 67.2. The SMILES string of the molecule is C=C(N)c1cccnc1COc1cc(-c2ccccc2)cc2ncccc12.COc1cc(-c2cc(O[C@H](C)[C@H]3CNC(=O)C3)c3cccnc3c2)ccn1.C[C@@H](Oc1cc(-c2ccc(C(=O)N3CCN(C)CC3)cc2)cc2ncccc12)[C@H]1CNC(=O)C1.Cc1ccc2cc(-c3cc(OCc4ncccc4C(N)=O)c4cccnc4c3)ccc2n1. The lowest BCUT2D eigenvalue weighted by atomic mass is 10.00. The lowest BCUT2D eigenvalue weighted by molar-refractivity contribution is -0.120. The number of benzene rings is 7. The van der Waals surface area contributed by atoms with Gasteiger partial charge in [-0.3, -0.25) is 54.1 Å². The second-order valence-corrected chi connectivity index (χ2v) is 29.8. The fourth-order valence-corrected chi connectivity index (χ4v) is 14.9. The number of piperazine rings is 1. The molecule has 6 N–H and O–H groups in total. The number of carbonyl (C=O) groups is 4. The smallest absolute Gasteiger partial charge is 0.253 e. The van der Waals surface area contributed by atoms with E-state index in [1.807, 2.05) is 202 Å². The molecule has 0 bridgehead atoms. The van der Waals surface area contributed by atoms with Crippen LogP contribution >= 0.6 is 0 Å². The molecule has 0 radical (unpaired) electrons. The number of rotatable bonds is 20. The standard InChI is InChI=1S/C27H30N4O3.C26H20N4O2.C23H19N3O.C21H21N3O3/c1-18(22-16-26(32)29-17-22)34-25-15-21(14-24-23(25)4-3-9-28-24)19-5-7-20(8-6-19)27(33)31-12-10-30(2)11-13-31;1-16-6-7-18-12-17(8-9-22(18)30-16)19-13-23-20(4-2-10-28-23)25(14-19)32-15-24-21(26(27)31)5-3-11-29-24;1-16(24)19-9-5-12-26-22(19)15-27-23-14-18(17-7-3-2-4-8-17)13-21-20(23)10-6-11-25-21;1-13(16-10-20(25)24-12-16)27-19-9-15(8-18-17(19)4-3-6-22-18)14-5-7-23-21(11-14)26-2/h3-9,14-15,18,22H,10-13,16-17H2,1-2H3,(H,29,32);2-14H,15H2,1H3,(H2,27,31);2-14H,1,15,24H2;3-9,11,13,16H,10,12H2,1-2H3,(H,24,25)/t18-,22-;;;13-,16-/m1..1/s1. The normalized spacial score (nSPS) is 14.9. The minimum atomic E-state index is -0.531. The monoisotopic (exact) mass is 1590 g/mol. The largest absolute Gasteiger partial charge is 0.490 e. The van der Waals surface area contributed by atoms with E-state index in [1.54, 1.807) is 62.6 Å². The Bertz CT molecular complexity index is 6290. The average Bonchev–Trinajstić information content (AvgIpc) is 0.938. The molecule has 0 unspecified atom stereocenters. The van der Waals surface area contributed by atoms with E-state index in [-0.39, 0.29) is 48.4 Å². The van der Waals surface area contributed by atoms with Gasteiger partial charge in [0.05, 0.1) is 51.6 Å². The summed E-state index contributed by atoms with van der Waals surface area (Å²) in [6.07, 6.45) is 12.9. The van der Waals surface area contributed by atoms with Gasteiger partial charge in [0, 0.05) is 163 Å². The molecule has 8 aromatic heterocycles. The number of nitrogens with zero attached hydrogens (tertiary/aromatic N) is 10. The van der Waals surface area contributed by atoms with Gasteiger partial charge in [-0.05, 0) is 230 Å². The van der Waals surface area contributed by atoms with Crippen molar-refractivity contribution in [2.45, 2.75) is 59.0 Å². The molecule has 11 heterocycles. The summed E-state index contributed by atoms with van der Waals surface area (Å²) in [6.45, 7) is 14.9. The fourth-order valence-electron chi connectivity index (χ4n) is 14.9. The number of aromatic nitrogens is 8. The first-order chi connectivity index (χ1) is 58.4. The number of fused-ring (bicyclic) bond motifs is 5. The van der Waals surface area contributed by atoms with Gasteiger partial charge < -0.3 is 55.6 Å². The maximum Gasteiger partial charge on any atom is 0.253 e. The van der Waals surface area contributed by atoms with Crippen LogP contribution in [0.3, 0.4) is 0 Å². The average molecular weight is 1600 g/mol. The number of nitrogens with one attached hydrogen (secondary N) is 2. The summed E-state index contributed by atoms with van der Waals surface area (Å²) in [5, 5.41) is 10.6. The van der Waals surface area contributed by atoms with Crippen molar-refractivity contribution in [2.24, 2.45) is 23.3 Å². The highest BCUT2D eigenvalue weighted by molar-refractivity contribution is 5.98. The van der Waals surface area contributed by atoms with Crippen molar-refractivity contribution in [3.8, 4) is 73.4 Å². The van der Waals surface area contributed by atoms with E-state index in [4.69, 9.17) is 35.2 Å². The van der Waals surface area contributed by atoms with Crippen LogP contribution in [-0.4, -0.2) is 139 Å². The van der Waals surface area contributed by atoms with Crippen LogP contribution in [0.15, 0.2) is 268 Å². The third kappa shape index (κ3) is 19.2. The van der Waals surface area contributed by atoms with E-state index in [9.17, 15) is 19.2 Å². The first-order valence-corrected chi connectivity index (χ1v) is 39.7. The van der Waals surface area contributed by atoms with E-state index in [0.29, 0.717) is 66.7 Å². The third-order valence-corrected chi connectivity index (χ3v) is 21.6. The number of amides is 4. The van der Waals surface area contributed by atoms with Gasteiger partial charge >= 0.3 is 0 Å². The van der Waals surface area contributed by atoms with Crippen molar-refractivity contribution in [2.75, 3.05) is 53.4 Å². The molecule has 3 fully saturated rings. The molecule has 4 atom stereocenters. The first kappa shape index (κ1) is 80.6. The number of hydrogen-bond donors (Lipinski definition) is 4. The van der Waals surface area contributed by atoms with Gasteiger partial charge in [-0.2, -0.15) is 0 Å². The van der Waals surface area contributed by atoms with Gasteiger partial charge in [0.1, 0.15) is 48.4 Å². The number of hydrogen-bond acceptors (Lipinski definition) is 19. The molecule has 3 saturated heterocycles. The molecule has 7 aromatic carbocycles. The van der Waals surface area contributed by atoms with Gasteiger partial charge in [-0.15, -0.1) is 0 Å². The summed E-state index contributed by atoms with van der Waals surface area (Å²) in [5.74, 6) is 3.51. The number of methoxy groups -OCH3 is 1. The summed E-state index contributed by atoms with van der Waals surface area (Å²) in [4.78, 5) is 87.4. The highest BCUT2D eigenvalue weighted by atomic mass is 16.5. The Morgan fingerprint density at radius 2 is 0.908 bits per heavy atom. The predicted octanol–water partition coefficient (Wildman–Crippen LogP) is 16.0. The van der Waals surface area contributed by atoms with Gasteiger partial charge in [-0.1, -0.05) is 61.2 Å². The van der Waals surface area contributed by atoms with Crippen molar-refractivity contribution < 1.29 is 42.9 Å². The fraction of sp³-hybridized carbons (Fsp3) is 0.196. The molecule has 3 aliphatic heterocycles. The number of nitrogens with two attached hydrogens (primary N) is 2. The minimum absolute atomic E-state index is 0.0759. The molecule has 15 aromatic rings. The number of aryl methyl sites for hydroxylation is 1. The van der Waals surface area contributed by atoms with E-state index in [2.05, 4.69) is 99.4 Å². The van der Waals surface area contributed by atoms with Gasteiger partial charge in [0.15, 0.2) is 0 Å². The summed E-state index contributed by atoms with van der Waals surface area (Å²) in [7, 11) is 3.68. The van der Waals surface area contributed by atoms with Crippen molar-refractivity contribution in [1.29, 1.82) is 0 Å². The zero-order valence-corrected chi connectivity index (χ0v) is 67.2. The summed E-state index contributed by atoms with van der Waals surface area (Å²) < 4.78 is 30.2. The van der Waals surface area contributed by atoms with Crippen LogP contribution in [0.4, 0.5) is 0 Å². The van der Waals surface area contributed by atoms with Crippen molar-refractivity contribution in [1.82, 2.24) is 60.3 Å². The highest BCUT2D eigenvalue weighted by Gasteiger charge is 2.31. The maximum absolute atomic E-state index is 12.9. The molecule has 3 aliphatic rings. The number of likely N-dealkylation sites (N-methyl/N-ethyl adjacent to an activating group) is 1. The highest BCUT2D eigenvalue weighted by Crippen LogP contribution is 2.39. The van der Waals surface area contributed by atoms with Crippen LogP contribution in [0.5, 0.6) is 28.9 Å². The lowest BCUT2D eigenvalue weighted by Gasteiger charge is -2.32. The predicted molar refractivity (Wildman–Crippen MR) is 468 cm³/mol. The summed E-state index contributed by atoms with van der Waals surface area (Å²) in [6, 6.07) is 70.9. The zero-order chi connectivity index (χ0) is 83.2. The van der Waals surface area contributed by atoms with E-state index in [0.717, 1.165) is 159 Å². The maximum atomic E-state index is 12.9. The van der Waals surface area contributed by atoms with Crippen LogP contribution in [0.2, 0.25) is 0 Å². The quantitative estimate of drug-likeness (QED) is 0.0551. The second-order valence-electron chi connectivity index (χ2n) is 29.8. The van der Waals surface area contributed by atoms with Crippen LogP contribution in [0.1, 0.15) is 70.1 Å². The second kappa shape index (κ2) is 37.1. The summed E-state index contributed by atoms with van der Waals surface area (Å²) in [5.41, 5.74) is 28.4. The molecule has 120 heavy (non-hydrogen) atoms. The molecule has 0 aliphatic carbocycles. The van der Waals surface area contributed by atoms with Crippen molar-refractivity contribution in [3.63, 3.8) is 0 Å². The Morgan fingerprint density at radius 1 is 0.458 bits per heavy atom. The lowest BCUT2D eigenvalue weighted by Crippen LogP contribution is -2.47.